The van der Waals surface area contributed by atoms with E-state index in [1.807, 2.05) is 19.1 Å². The van der Waals surface area contributed by atoms with Gasteiger partial charge in [-0.05, 0) is 36.8 Å². The van der Waals surface area contributed by atoms with E-state index in [4.69, 9.17) is 15.2 Å². The fraction of sp³-hybridized carbons (Fsp3) is 0.238. The molecule has 1 heterocycles. The molecular formula is C21H22FN3O3S. The topological polar surface area (TPSA) is 86.5 Å². The highest BCUT2D eigenvalue weighted by Crippen LogP contribution is 2.35. The van der Waals surface area contributed by atoms with Crippen LogP contribution in [0.4, 0.5) is 15.8 Å². The molecule has 1 amide bonds. The first-order valence-corrected chi connectivity index (χ1v) is 9.88. The summed E-state index contributed by atoms with van der Waals surface area (Å²) in [5.41, 5.74) is 8.65. The van der Waals surface area contributed by atoms with Crippen LogP contribution in [0.25, 0.3) is 10.9 Å². The third kappa shape index (κ3) is 4.60. The van der Waals surface area contributed by atoms with Crippen molar-refractivity contribution in [2.75, 3.05) is 31.9 Å². The number of carbonyl (C=O) groups excluding carboxylic acids is 1. The first-order valence-electron chi connectivity index (χ1n) is 8.90. The zero-order valence-corrected chi connectivity index (χ0v) is 17.2. The Bertz CT molecular complexity index is 1060. The summed E-state index contributed by atoms with van der Waals surface area (Å²) in [7, 11) is 3.06. The molecule has 0 spiro atoms. The van der Waals surface area contributed by atoms with Crippen LogP contribution >= 0.6 is 11.8 Å². The molecule has 29 heavy (non-hydrogen) atoms. The highest BCUT2D eigenvalue weighted by atomic mass is 32.2. The van der Waals surface area contributed by atoms with Crippen molar-refractivity contribution < 1.29 is 18.7 Å². The van der Waals surface area contributed by atoms with E-state index in [9.17, 15) is 9.18 Å². The van der Waals surface area contributed by atoms with Gasteiger partial charge in [0.05, 0.1) is 30.5 Å². The van der Waals surface area contributed by atoms with Gasteiger partial charge in [-0.3, -0.25) is 9.78 Å². The van der Waals surface area contributed by atoms with Crippen LogP contribution < -0.4 is 15.8 Å². The van der Waals surface area contributed by atoms with Gasteiger partial charge in [0.2, 0.25) is 0 Å². The molecule has 152 valence electrons. The lowest BCUT2D eigenvalue weighted by atomic mass is 10.1. The minimum Gasteiger partial charge on any atom is -0.494 e. The molecule has 0 atom stereocenters. The molecule has 2 aromatic carbocycles. The molecule has 0 unspecified atom stereocenters. The van der Waals surface area contributed by atoms with Crippen molar-refractivity contribution >= 4 is 39.9 Å². The Balaban J connectivity index is 2.13. The predicted molar refractivity (Wildman–Crippen MR) is 114 cm³/mol. The molecule has 3 rings (SSSR count). The summed E-state index contributed by atoms with van der Waals surface area (Å²) < 4.78 is 23.9. The lowest BCUT2D eigenvalue weighted by Gasteiger charge is -2.16. The maximum atomic E-state index is 13.8. The molecule has 0 aliphatic rings. The lowest BCUT2D eigenvalue weighted by molar-refractivity contribution is 0.100. The van der Waals surface area contributed by atoms with Crippen LogP contribution in [0, 0.1) is 12.7 Å². The summed E-state index contributed by atoms with van der Waals surface area (Å²) in [5.74, 6) is -0.185. The van der Waals surface area contributed by atoms with Gasteiger partial charge in [0.25, 0.3) is 5.91 Å². The lowest BCUT2D eigenvalue weighted by Crippen LogP contribution is -2.14. The number of nitrogens with zero attached hydrogens (tertiary/aromatic N) is 1. The standard InChI is InChI=1S/C21H22FN3O3S/c1-12-8-14(29-7-6-27-2)10-15-19(12)24-11-16(21(23)26)20(15)25-13-4-5-17(22)18(9-13)28-3/h4-5,8-11H,6-7H2,1-3H3,(H2,23,26)(H,24,25). The summed E-state index contributed by atoms with van der Waals surface area (Å²) in [5, 5.41) is 3.95. The molecule has 8 heteroatoms. The molecule has 0 aliphatic heterocycles. The normalized spacial score (nSPS) is 10.9. The number of ether oxygens (including phenoxy) is 2. The van der Waals surface area contributed by atoms with Crippen molar-refractivity contribution in [1.82, 2.24) is 4.98 Å². The van der Waals surface area contributed by atoms with Crippen molar-refractivity contribution in [2.45, 2.75) is 11.8 Å². The average Bonchev–Trinajstić information content (AvgIpc) is 2.70. The van der Waals surface area contributed by atoms with Gasteiger partial charge >= 0.3 is 0 Å². The number of nitrogens with two attached hydrogens (primary N) is 1. The number of hydrogen-bond donors (Lipinski definition) is 2. The molecule has 3 N–H and O–H groups in total. The minimum atomic E-state index is -0.605. The number of hydrogen-bond acceptors (Lipinski definition) is 6. The average molecular weight is 415 g/mol. The number of benzene rings is 2. The van der Waals surface area contributed by atoms with Gasteiger partial charge in [-0.1, -0.05) is 0 Å². The molecule has 0 radical (unpaired) electrons. The van der Waals surface area contributed by atoms with Crippen molar-refractivity contribution in [3.63, 3.8) is 0 Å². The molecule has 3 aromatic rings. The van der Waals surface area contributed by atoms with Crippen LogP contribution in [0.3, 0.4) is 0 Å². The molecule has 1 aromatic heterocycles. The smallest absolute Gasteiger partial charge is 0.252 e. The third-order valence-corrected chi connectivity index (χ3v) is 5.32. The van der Waals surface area contributed by atoms with Gasteiger partial charge in [0.1, 0.15) is 0 Å². The zero-order valence-electron chi connectivity index (χ0n) is 16.4. The summed E-state index contributed by atoms with van der Waals surface area (Å²) in [6, 6.07) is 8.40. The Morgan fingerprint density at radius 2 is 2.07 bits per heavy atom. The summed E-state index contributed by atoms with van der Waals surface area (Å²) in [6.45, 7) is 2.59. The number of fused-ring (bicyclic) bond motifs is 1. The van der Waals surface area contributed by atoms with Gasteiger partial charge in [-0.25, -0.2) is 4.39 Å². The van der Waals surface area contributed by atoms with Crippen LogP contribution in [0.5, 0.6) is 5.75 Å². The third-order valence-electron chi connectivity index (χ3n) is 4.38. The predicted octanol–water partition coefficient (Wildman–Crippen LogP) is 4.27. The quantitative estimate of drug-likeness (QED) is 0.422. The van der Waals surface area contributed by atoms with E-state index in [0.717, 1.165) is 27.1 Å². The molecule has 6 nitrogen and oxygen atoms in total. The number of rotatable bonds is 8. The second-order valence-corrected chi connectivity index (χ2v) is 7.53. The van der Waals surface area contributed by atoms with Gasteiger partial charge < -0.3 is 20.5 Å². The van der Waals surface area contributed by atoms with E-state index < -0.39 is 11.7 Å². The largest absolute Gasteiger partial charge is 0.494 e. The number of nitrogens with one attached hydrogen (secondary N) is 1. The number of aromatic nitrogens is 1. The second-order valence-electron chi connectivity index (χ2n) is 6.36. The fourth-order valence-electron chi connectivity index (χ4n) is 2.98. The summed E-state index contributed by atoms with van der Waals surface area (Å²) in [4.78, 5) is 17.5. The van der Waals surface area contributed by atoms with Crippen molar-refractivity contribution in [3.8, 4) is 5.75 Å². The number of anilines is 2. The first kappa shape index (κ1) is 20.9. The molecule has 0 saturated heterocycles. The van der Waals surface area contributed by atoms with Crippen LogP contribution in [0.2, 0.25) is 0 Å². The van der Waals surface area contributed by atoms with Gasteiger partial charge in [-0.15, -0.1) is 11.8 Å². The number of primary amides is 1. The summed E-state index contributed by atoms with van der Waals surface area (Å²) in [6.07, 6.45) is 1.46. The van der Waals surface area contributed by atoms with E-state index in [2.05, 4.69) is 10.3 Å². The van der Waals surface area contributed by atoms with E-state index in [-0.39, 0.29) is 11.3 Å². The van der Waals surface area contributed by atoms with E-state index in [1.165, 1.54) is 25.4 Å². The fourth-order valence-corrected chi connectivity index (χ4v) is 3.92. The van der Waals surface area contributed by atoms with Gasteiger partial charge in [0.15, 0.2) is 11.6 Å². The highest BCUT2D eigenvalue weighted by molar-refractivity contribution is 7.99. The van der Waals surface area contributed by atoms with E-state index >= 15 is 0 Å². The monoisotopic (exact) mass is 415 g/mol. The van der Waals surface area contributed by atoms with Gasteiger partial charge in [0, 0.05) is 41.1 Å². The Morgan fingerprint density at radius 3 is 2.76 bits per heavy atom. The van der Waals surface area contributed by atoms with Crippen LogP contribution in [0.15, 0.2) is 41.4 Å². The highest BCUT2D eigenvalue weighted by Gasteiger charge is 2.16. The Kier molecular flexibility index (Phi) is 6.56. The number of pyridine rings is 1. The molecule has 0 fully saturated rings. The summed E-state index contributed by atoms with van der Waals surface area (Å²) >= 11 is 1.64. The van der Waals surface area contributed by atoms with Crippen molar-refractivity contribution in [3.05, 3.63) is 53.5 Å². The van der Waals surface area contributed by atoms with Crippen molar-refractivity contribution in [2.24, 2.45) is 5.73 Å². The Morgan fingerprint density at radius 1 is 1.28 bits per heavy atom. The Labute approximate surface area is 172 Å². The van der Waals surface area contributed by atoms with E-state index in [0.29, 0.717) is 18.0 Å². The number of amides is 1. The number of methoxy groups -OCH3 is 2. The Hall–Kier alpha value is -2.84. The maximum absolute atomic E-state index is 13.8. The SMILES string of the molecule is COCCSc1cc(C)c2ncc(C(N)=O)c(Nc3ccc(F)c(OC)c3)c2c1. The van der Waals surface area contributed by atoms with Crippen LogP contribution in [-0.2, 0) is 4.74 Å². The molecular weight excluding hydrogens is 393 g/mol. The molecule has 0 saturated carbocycles. The first-order chi connectivity index (χ1) is 13.9. The van der Waals surface area contributed by atoms with E-state index in [1.54, 1.807) is 24.9 Å². The number of halogens is 1. The number of aryl methyl sites for hydroxylation is 1. The van der Waals surface area contributed by atoms with Crippen LogP contribution in [0.1, 0.15) is 15.9 Å². The molecule has 0 bridgehead atoms. The maximum Gasteiger partial charge on any atom is 0.252 e. The molecule has 0 aliphatic carbocycles. The van der Waals surface area contributed by atoms with Crippen LogP contribution in [-0.4, -0.2) is 37.5 Å². The number of carbonyl (C=O) groups is 1. The van der Waals surface area contributed by atoms with Gasteiger partial charge in [-0.2, -0.15) is 0 Å². The minimum absolute atomic E-state index is 0.0981. The van der Waals surface area contributed by atoms with Crippen molar-refractivity contribution in [1.29, 1.82) is 0 Å². The second kappa shape index (κ2) is 9.11. The number of thioether (sulfide) groups is 1. The zero-order chi connectivity index (χ0) is 21.0.